The molecular weight excluding hydrogens is 88.1 g/mol. The minimum Gasteiger partial charge on any atom is -0.369 e. The first-order valence-corrected chi connectivity index (χ1v) is 2.34. The second kappa shape index (κ2) is 1.94. The summed E-state index contributed by atoms with van der Waals surface area (Å²) in [5.41, 5.74) is 0. The molecule has 1 fully saturated rings. The van der Waals surface area contributed by atoms with E-state index in [1.807, 2.05) is 12.2 Å². The molecular formula is C6H8O. The molecule has 0 saturated carbocycles. The Labute approximate surface area is 43.3 Å². The Morgan fingerprint density at radius 1 is 1.71 bits per heavy atom. The number of allylic oxidation sites excluding steroid dienone is 2. The molecule has 7 heavy (non-hydrogen) atoms. The van der Waals surface area contributed by atoms with Crippen LogP contribution in [0.3, 0.4) is 0 Å². The van der Waals surface area contributed by atoms with Gasteiger partial charge in [-0.3, -0.25) is 0 Å². The Balaban J connectivity index is 2.17. The topological polar surface area (TPSA) is 12.5 Å². The van der Waals surface area contributed by atoms with Crippen molar-refractivity contribution in [2.75, 3.05) is 6.61 Å². The average molecular weight is 96.1 g/mol. The highest BCUT2D eigenvalue weighted by Crippen LogP contribution is 2.08. The minimum atomic E-state index is 0.401. The van der Waals surface area contributed by atoms with Gasteiger partial charge in [0.15, 0.2) is 0 Å². The Kier molecular flexibility index (Phi) is 1.27. The van der Waals surface area contributed by atoms with E-state index < -0.39 is 0 Å². The van der Waals surface area contributed by atoms with Gasteiger partial charge in [-0.15, -0.1) is 0 Å². The van der Waals surface area contributed by atoms with E-state index in [9.17, 15) is 0 Å². The second-order valence-corrected chi connectivity index (χ2v) is 1.49. The van der Waals surface area contributed by atoms with Gasteiger partial charge in [0, 0.05) is 0 Å². The Bertz CT molecular complexity index is 90.4. The number of hydrogen-bond acceptors (Lipinski definition) is 1. The third-order valence-electron chi connectivity index (χ3n) is 0.821. The summed E-state index contributed by atoms with van der Waals surface area (Å²) < 4.78 is 4.88. The standard InChI is InChI=1S/C6H8O/c1-2-3-4-6-5-7-6/h2-4,6H,1,5H2/b4-3+. The maximum atomic E-state index is 4.88. The largest absolute Gasteiger partial charge is 0.369 e. The van der Waals surface area contributed by atoms with Crippen molar-refractivity contribution in [3.63, 3.8) is 0 Å². The molecule has 1 heterocycles. The van der Waals surface area contributed by atoms with Crippen LogP contribution in [0.4, 0.5) is 0 Å². The zero-order valence-corrected chi connectivity index (χ0v) is 4.13. The van der Waals surface area contributed by atoms with E-state index in [1.54, 1.807) is 6.08 Å². The molecule has 0 bridgehead atoms. The summed E-state index contributed by atoms with van der Waals surface area (Å²) in [6, 6.07) is 0. The lowest BCUT2D eigenvalue weighted by molar-refractivity contribution is 0.440. The van der Waals surface area contributed by atoms with Crippen molar-refractivity contribution in [1.82, 2.24) is 0 Å². The fourth-order valence-corrected chi connectivity index (χ4v) is 0.369. The molecule has 0 amide bonds. The molecule has 38 valence electrons. The molecule has 1 atom stereocenters. The first-order chi connectivity index (χ1) is 3.43. The molecule has 0 aromatic heterocycles. The molecule has 1 aliphatic rings. The molecule has 0 spiro atoms. The van der Waals surface area contributed by atoms with Crippen LogP contribution in [0, 0.1) is 0 Å². The number of epoxide rings is 1. The summed E-state index contributed by atoms with van der Waals surface area (Å²) in [5.74, 6) is 0. The van der Waals surface area contributed by atoms with E-state index in [-0.39, 0.29) is 0 Å². The quantitative estimate of drug-likeness (QED) is 0.371. The maximum absolute atomic E-state index is 4.88. The zero-order valence-electron chi connectivity index (χ0n) is 4.13. The molecule has 1 nitrogen and oxygen atoms in total. The molecule has 0 aromatic carbocycles. The molecule has 1 aliphatic heterocycles. The smallest absolute Gasteiger partial charge is 0.0994 e. The Morgan fingerprint density at radius 2 is 2.43 bits per heavy atom. The van der Waals surface area contributed by atoms with Gasteiger partial charge < -0.3 is 4.74 Å². The first-order valence-electron chi connectivity index (χ1n) is 2.34. The lowest BCUT2D eigenvalue weighted by Crippen LogP contribution is -1.69. The van der Waals surface area contributed by atoms with Gasteiger partial charge in [0.25, 0.3) is 0 Å². The normalized spacial score (nSPS) is 28.3. The van der Waals surface area contributed by atoms with Gasteiger partial charge in [-0.2, -0.15) is 0 Å². The van der Waals surface area contributed by atoms with E-state index in [2.05, 4.69) is 6.58 Å². The third-order valence-corrected chi connectivity index (χ3v) is 0.821. The highest BCUT2D eigenvalue weighted by molar-refractivity contribution is 5.04. The summed E-state index contributed by atoms with van der Waals surface area (Å²) in [7, 11) is 0. The predicted octanol–water partition coefficient (Wildman–Crippen LogP) is 1.13. The van der Waals surface area contributed by atoms with Gasteiger partial charge in [0.2, 0.25) is 0 Å². The third kappa shape index (κ3) is 1.55. The summed E-state index contributed by atoms with van der Waals surface area (Å²) in [6.45, 7) is 4.41. The van der Waals surface area contributed by atoms with E-state index >= 15 is 0 Å². The van der Waals surface area contributed by atoms with Crippen LogP contribution in [0.5, 0.6) is 0 Å². The van der Waals surface area contributed by atoms with E-state index in [0.29, 0.717) is 6.10 Å². The molecule has 1 rings (SSSR count). The second-order valence-electron chi connectivity index (χ2n) is 1.49. The number of rotatable bonds is 2. The van der Waals surface area contributed by atoms with Gasteiger partial charge >= 0.3 is 0 Å². The van der Waals surface area contributed by atoms with Crippen LogP contribution in [-0.4, -0.2) is 12.7 Å². The fraction of sp³-hybridized carbons (Fsp3) is 0.333. The van der Waals surface area contributed by atoms with E-state index in [4.69, 9.17) is 4.74 Å². The fourth-order valence-electron chi connectivity index (χ4n) is 0.369. The van der Waals surface area contributed by atoms with Gasteiger partial charge in [0.1, 0.15) is 0 Å². The van der Waals surface area contributed by atoms with Crippen LogP contribution in [-0.2, 0) is 4.74 Å². The highest BCUT2D eigenvalue weighted by Gasteiger charge is 2.16. The van der Waals surface area contributed by atoms with Gasteiger partial charge in [-0.1, -0.05) is 24.8 Å². The van der Waals surface area contributed by atoms with Crippen LogP contribution in [0.15, 0.2) is 24.8 Å². The Hall–Kier alpha value is -0.560. The monoisotopic (exact) mass is 96.1 g/mol. The van der Waals surface area contributed by atoms with Crippen molar-refractivity contribution in [3.05, 3.63) is 24.8 Å². The van der Waals surface area contributed by atoms with E-state index in [1.165, 1.54) is 0 Å². The highest BCUT2D eigenvalue weighted by atomic mass is 16.6. The summed E-state index contributed by atoms with van der Waals surface area (Å²) in [5, 5.41) is 0. The summed E-state index contributed by atoms with van der Waals surface area (Å²) in [4.78, 5) is 0. The average Bonchev–Trinajstić information content (AvgIpc) is 2.42. The zero-order chi connectivity index (χ0) is 5.11. The van der Waals surface area contributed by atoms with Gasteiger partial charge in [-0.25, -0.2) is 0 Å². The lowest BCUT2D eigenvalue weighted by atomic mass is 10.4. The maximum Gasteiger partial charge on any atom is 0.0994 e. The molecule has 0 N–H and O–H groups in total. The van der Waals surface area contributed by atoms with Crippen LogP contribution >= 0.6 is 0 Å². The lowest BCUT2D eigenvalue weighted by Gasteiger charge is -1.68. The molecule has 1 heteroatoms. The SMILES string of the molecule is C=C/C=C/C1CO1. The first kappa shape index (κ1) is 4.60. The summed E-state index contributed by atoms with van der Waals surface area (Å²) in [6.07, 6.45) is 6.05. The molecule has 0 radical (unpaired) electrons. The molecule has 0 aromatic rings. The predicted molar refractivity (Wildman–Crippen MR) is 29.1 cm³/mol. The molecule has 0 aliphatic carbocycles. The molecule has 1 saturated heterocycles. The van der Waals surface area contributed by atoms with Crippen LogP contribution < -0.4 is 0 Å². The van der Waals surface area contributed by atoms with Crippen molar-refractivity contribution in [3.8, 4) is 0 Å². The van der Waals surface area contributed by atoms with Crippen molar-refractivity contribution in [2.24, 2.45) is 0 Å². The summed E-state index contributed by atoms with van der Waals surface area (Å²) >= 11 is 0. The number of hydrogen-bond donors (Lipinski definition) is 0. The van der Waals surface area contributed by atoms with Crippen LogP contribution in [0.25, 0.3) is 0 Å². The van der Waals surface area contributed by atoms with Crippen LogP contribution in [0.2, 0.25) is 0 Å². The minimum absolute atomic E-state index is 0.401. The van der Waals surface area contributed by atoms with Crippen molar-refractivity contribution in [1.29, 1.82) is 0 Å². The van der Waals surface area contributed by atoms with E-state index in [0.717, 1.165) is 6.61 Å². The van der Waals surface area contributed by atoms with Crippen molar-refractivity contribution < 1.29 is 4.74 Å². The van der Waals surface area contributed by atoms with Crippen molar-refractivity contribution in [2.45, 2.75) is 6.10 Å². The Morgan fingerprint density at radius 3 is 2.86 bits per heavy atom. The number of ether oxygens (including phenoxy) is 1. The molecule has 1 unspecified atom stereocenters. The van der Waals surface area contributed by atoms with Gasteiger partial charge in [0.05, 0.1) is 12.7 Å². The van der Waals surface area contributed by atoms with Gasteiger partial charge in [-0.05, 0) is 0 Å². The van der Waals surface area contributed by atoms with Crippen molar-refractivity contribution >= 4 is 0 Å². The van der Waals surface area contributed by atoms with Crippen LogP contribution in [0.1, 0.15) is 0 Å².